The van der Waals surface area contributed by atoms with Crippen molar-refractivity contribution < 1.29 is 4.39 Å². The third kappa shape index (κ3) is 4.98. The first-order chi connectivity index (χ1) is 10.6. The number of aliphatic imine (C=N–C) groups is 1. The maximum atomic E-state index is 13.2. The lowest BCUT2D eigenvalue weighted by atomic mass is 10.1. The average molecular weight is 306 g/mol. The fourth-order valence-electron chi connectivity index (χ4n) is 2.58. The Balaban J connectivity index is 1.73. The second-order valence-electron chi connectivity index (χ2n) is 5.80. The molecular weight excluding hydrogens is 279 g/mol. The highest BCUT2D eigenvalue weighted by molar-refractivity contribution is 5.79. The van der Waals surface area contributed by atoms with Gasteiger partial charge < -0.3 is 10.6 Å². The zero-order chi connectivity index (χ0) is 15.9. The van der Waals surface area contributed by atoms with Crippen LogP contribution in [0.3, 0.4) is 0 Å². The van der Waals surface area contributed by atoms with E-state index in [1.807, 2.05) is 6.07 Å². The minimum absolute atomic E-state index is 0.161. The number of benzene rings is 1. The molecule has 1 fully saturated rings. The van der Waals surface area contributed by atoms with E-state index < -0.39 is 0 Å². The molecule has 0 unspecified atom stereocenters. The highest BCUT2D eigenvalue weighted by atomic mass is 19.1. The van der Waals surface area contributed by atoms with Gasteiger partial charge in [-0.25, -0.2) is 4.39 Å². The highest BCUT2D eigenvalue weighted by Gasteiger charge is 2.27. The minimum Gasteiger partial charge on any atom is -0.355 e. The second-order valence-corrected chi connectivity index (χ2v) is 5.80. The summed E-state index contributed by atoms with van der Waals surface area (Å²) in [5.74, 6) is 0.625. The third-order valence-electron chi connectivity index (χ3n) is 4.07. The van der Waals surface area contributed by atoms with Crippen LogP contribution in [0.25, 0.3) is 0 Å². The van der Waals surface area contributed by atoms with Gasteiger partial charge in [-0.2, -0.15) is 0 Å². The van der Waals surface area contributed by atoms with Crippen molar-refractivity contribution in [2.75, 3.05) is 26.7 Å². The lowest BCUT2D eigenvalue weighted by Gasteiger charge is -2.20. The monoisotopic (exact) mass is 306 g/mol. The van der Waals surface area contributed by atoms with E-state index in [0.717, 1.165) is 37.2 Å². The Morgan fingerprint density at radius 3 is 2.73 bits per heavy atom. The summed E-state index contributed by atoms with van der Waals surface area (Å²) in [7, 11) is 1.77. The van der Waals surface area contributed by atoms with Gasteiger partial charge in [-0.15, -0.1) is 0 Å². The lowest BCUT2D eigenvalue weighted by Crippen LogP contribution is -2.41. The van der Waals surface area contributed by atoms with Crippen LogP contribution in [0.2, 0.25) is 0 Å². The first kappa shape index (κ1) is 16.7. The predicted molar refractivity (Wildman–Crippen MR) is 89.6 cm³/mol. The zero-order valence-corrected chi connectivity index (χ0v) is 13.8. The van der Waals surface area contributed by atoms with Crippen LogP contribution >= 0.6 is 0 Å². The number of halogens is 1. The molecule has 0 aliphatic heterocycles. The SMILES string of the molecule is CCN(CCNC(=NC)NCc1ccc(F)c(C)c1)C1CC1. The largest absolute Gasteiger partial charge is 0.355 e. The Kier molecular flexibility index (Phi) is 6.19. The Morgan fingerprint density at radius 1 is 1.36 bits per heavy atom. The lowest BCUT2D eigenvalue weighted by molar-refractivity contribution is 0.282. The summed E-state index contributed by atoms with van der Waals surface area (Å²) in [4.78, 5) is 6.73. The normalized spacial score (nSPS) is 15.2. The van der Waals surface area contributed by atoms with E-state index in [4.69, 9.17) is 0 Å². The standard InChI is InChI=1S/C17H27FN4/c1-4-22(15-6-7-15)10-9-20-17(19-3)21-12-14-5-8-16(18)13(2)11-14/h5,8,11,15H,4,6-7,9-10,12H2,1-3H3,(H2,19,20,21). The number of aryl methyl sites for hydroxylation is 1. The number of nitrogens with zero attached hydrogens (tertiary/aromatic N) is 2. The first-order valence-corrected chi connectivity index (χ1v) is 8.07. The summed E-state index contributed by atoms with van der Waals surface area (Å²) >= 11 is 0. The Bertz CT molecular complexity index is 511. The molecule has 4 nitrogen and oxygen atoms in total. The van der Waals surface area contributed by atoms with E-state index in [9.17, 15) is 4.39 Å². The Morgan fingerprint density at radius 2 is 2.14 bits per heavy atom. The molecule has 0 radical (unpaired) electrons. The smallest absolute Gasteiger partial charge is 0.191 e. The fourth-order valence-corrected chi connectivity index (χ4v) is 2.58. The van der Waals surface area contributed by atoms with Gasteiger partial charge in [0.1, 0.15) is 5.82 Å². The Labute approximate surface area is 132 Å². The van der Waals surface area contributed by atoms with Crippen LogP contribution in [0.5, 0.6) is 0 Å². The van der Waals surface area contributed by atoms with Crippen LogP contribution in [0.1, 0.15) is 30.9 Å². The molecule has 2 N–H and O–H groups in total. The average Bonchev–Trinajstić information content (AvgIpc) is 3.35. The van der Waals surface area contributed by atoms with E-state index in [1.165, 1.54) is 18.9 Å². The van der Waals surface area contributed by atoms with Crippen molar-refractivity contribution in [2.45, 2.75) is 39.3 Å². The summed E-state index contributed by atoms with van der Waals surface area (Å²) in [5.41, 5.74) is 1.72. The van der Waals surface area contributed by atoms with Gasteiger partial charge in [-0.3, -0.25) is 9.89 Å². The second kappa shape index (κ2) is 8.13. The zero-order valence-electron chi connectivity index (χ0n) is 13.8. The van der Waals surface area contributed by atoms with Crippen LogP contribution in [0, 0.1) is 12.7 Å². The summed E-state index contributed by atoms with van der Waals surface area (Å²) < 4.78 is 13.2. The highest BCUT2D eigenvalue weighted by Crippen LogP contribution is 2.25. The van der Waals surface area contributed by atoms with Crippen LogP contribution in [-0.2, 0) is 6.54 Å². The summed E-state index contributed by atoms with van der Waals surface area (Å²) in [6, 6.07) is 5.97. The molecule has 0 aromatic heterocycles. The number of guanidine groups is 1. The molecule has 0 bridgehead atoms. The summed E-state index contributed by atoms with van der Waals surface area (Å²) in [5, 5.41) is 6.60. The van der Waals surface area contributed by atoms with Gasteiger partial charge in [0.25, 0.3) is 0 Å². The van der Waals surface area contributed by atoms with Crippen LogP contribution in [0.4, 0.5) is 4.39 Å². The molecule has 2 rings (SSSR count). The van der Waals surface area contributed by atoms with Crippen LogP contribution < -0.4 is 10.6 Å². The predicted octanol–water partition coefficient (Wildman–Crippen LogP) is 2.28. The van der Waals surface area contributed by atoms with Crippen molar-refractivity contribution in [3.05, 3.63) is 35.1 Å². The molecule has 1 aliphatic carbocycles. The third-order valence-corrected chi connectivity index (χ3v) is 4.07. The van der Waals surface area contributed by atoms with Gasteiger partial charge in [0.05, 0.1) is 0 Å². The van der Waals surface area contributed by atoms with Crippen molar-refractivity contribution in [1.29, 1.82) is 0 Å². The Hall–Kier alpha value is -1.62. The number of nitrogens with one attached hydrogen (secondary N) is 2. The molecule has 122 valence electrons. The first-order valence-electron chi connectivity index (χ1n) is 8.07. The molecule has 0 atom stereocenters. The number of hydrogen-bond donors (Lipinski definition) is 2. The molecule has 22 heavy (non-hydrogen) atoms. The molecule has 1 aromatic carbocycles. The molecule has 0 amide bonds. The van der Waals surface area contributed by atoms with Gasteiger partial charge in [0.2, 0.25) is 0 Å². The molecule has 1 aliphatic rings. The van der Waals surface area contributed by atoms with Crippen molar-refractivity contribution >= 4 is 5.96 Å². The number of hydrogen-bond acceptors (Lipinski definition) is 2. The molecule has 0 saturated heterocycles. The van der Waals surface area contributed by atoms with Crippen LogP contribution in [-0.4, -0.2) is 43.6 Å². The van der Waals surface area contributed by atoms with Gasteiger partial charge in [-0.05, 0) is 43.5 Å². The van der Waals surface area contributed by atoms with E-state index in [0.29, 0.717) is 12.1 Å². The maximum absolute atomic E-state index is 13.2. The molecule has 0 heterocycles. The van der Waals surface area contributed by atoms with Crippen molar-refractivity contribution in [2.24, 2.45) is 4.99 Å². The fraction of sp³-hybridized carbons (Fsp3) is 0.588. The topological polar surface area (TPSA) is 39.7 Å². The summed E-state index contributed by atoms with van der Waals surface area (Å²) in [6.45, 7) is 7.66. The van der Waals surface area contributed by atoms with E-state index in [2.05, 4.69) is 27.4 Å². The van der Waals surface area contributed by atoms with Crippen molar-refractivity contribution in [3.8, 4) is 0 Å². The quantitative estimate of drug-likeness (QED) is 0.600. The molecule has 5 heteroatoms. The van der Waals surface area contributed by atoms with Gasteiger partial charge >= 0.3 is 0 Å². The molecule has 0 spiro atoms. The molecule has 1 saturated carbocycles. The maximum Gasteiger partial charge on any atom is 0.191 e. The van der Waals surface area contributed by atoms with Gasteiger partial charge in [-0.1, -0.05) is 19.1 Å². The minimum atomic E-state index is -0.161. The van der Waals surface area contributed by atoms with Crippen molar-refractivity contribution in [3.63, 3.8) is 0 Å². The molecule has 1 aromatic rings. The van der Waals surface area contributed by atoms with Gasteiger partial charge in [0, 0.05) is 32.7 Å². The molecular formula is C17H27FN4. The summed E-state index contributed by atoms with van der Waals surface area (Å²) in [6.07, 6.45) is 2.68. The van der Waals surface area contributed by atoms with E-state index >= 15 is 0 Å². The van der Waals surface area contributed by atoms with E-state index in [1.54, 1.807) is 20.0 Å². The number of rotatable bonds is 7. The van der Waals surface area contributed by atoms with E-state index in [-0.39, 0.29) is 5.82 Å². The van der Waals surface area contributed by atoms with Gasteiger partial charge in [0.15, 0.2) is 5.96 Å². The number of likely N-dealkylation sites (N-methyl/N-ethyl adjacent to an activating group) is 1. The van der Waals surface area contributed by atoms with Crippen molar-refractivity contribution in [1.82, 2.24) is 15.5 Å². The van der Waals surface area contributed by atoms with Crippen LogP contribution in [0.15, 0.2) is 23.2 Å².